The summed E-state index contributed by atoms with van der Waals surface area (Å²) in [5.41, 5.74) is 11.1. The minimum Gasteiger partial charge on any atom is -0.488 e. The molecule has 6 aromatic heterocycles. The second kappa shape index (κ2) is 36.8. The van der Waals surface area contributed by atoms with Crippen LogP contribution in [0.2, 0.25) is 0 Å². The molecule has 14 aromatic rings. The Hall–Kier alpha value is -12.8. The lowest BCUT2D eigenvalue weighted by molar-refractivity contribution is 0.0275. The van der Waals surface area contributed by atoms with Crippen LogP contribution in [0.4, 0.5) is 21.9 Å². The number of nitrogens with one attached hydrogen (secondary N) is 1. The number of hydrogen-bond donors (Lipinski definition) is 1. The van der Waals surface area contributed by atoms with E-state index >= 15 is 0 Å². The van der Waals surface area contributed by atoms with E-state index < -0.39 is 35.7 Å². The van der Waals surface area contributed by atoms with Gasteiger partial charge in [0.2, 0.25) is 0 Å². The zero-order valence-corrected chi connectivity index (χ0v) is 73.4. The number of rotatable bonds is 18. The van der Waals surface area contributed by atoms with Crippen molar-refractivity contribution < 1.29 is 58.5 Å². The molecule has 0 bridgehead atoms. The van der Waals surface area contributed by atoms with Crippen molar-refractivity contribution in [1.29, 1.82) is 10.5 Å². The van der Waals surface area contributed by atoms with E-state index in [2.05, 4.69) is 63.0 Å². The molecule has 5 aliphatic heterocycles. The molecule has 5 fully saturated rings. The fourth-order valence-corrected chi connectivity index (χ4v) is 21.2. The third kappa shape index (κ3) is 18.0. The van der Waals surface area contributed by atoms with Crippen LogP contribution < -0.4 is 29.5 Å². The van der Waals surface area contributed by atoms with Crippen LogP contribution in [0.25, 0.3) is 89.1 Å². The number of halogens is 1. The number of nitrogens with zero attached hydrogens (tertiary/aromatic N) is 12. The second-order valence-electron chi connectivity index (χ2n) is 31.8. The van der Waals surface area contributed by atoms with Crippen LogP contribution in [0.15, 0.2) is 274 Å². The Morgan fingerprint density at radius 2 is 0.794 bits per heavy atom. The highest BCUT2D eigenvalue weighted by Crippen LogP contribution is 2.43. The molecule has 0 aliphatic carbocycles. The highest BCUT2D eigenvalue weighted by atomic mass is 79.9. The Morgan fingerprint density at radius 3 is 1.16 bits per heavy atom. The molecule has 5 saturated heterocycles. The van der Waals surface area contributed by atoms with Gasteiger partial charge in [0.15, 0.2) is 16.9 Å². The Labute approximate surface area is 739 Å². The normalized spacial score (nSPS) is 16.3. The van der Waals surface area contributed by atoms with E-state index in [0.717, 1.165) is 108 Å². The Morgan fingerprint density at radius 1 is 0.437 bits per heavy atom. The van der Waals surface area contributed by atoms with Crippen LogP contribution in [-0.4, -0.2) is 186 Å². The topological polar surface area (TPSA) is 301 Å². The summed E-state index contributed by atoms with van der Waals surface area (Å²) in [6.45, 7) is 17.0. The van der Waals surface area contributed by atoms with E-state index in [0.29, 0.717) is 138 Å². The lowest BCUT2D eigenvalue weighted by atomic mass is 10.0. The first-order valence-corrected chi connectivity index (χ1v) is 46.7. The maximum absolute atomic E-state index is 14.3. The summed E-state index contributed by atoms with van der Waals surface area (Å²) in [5.74, 6) is 0.952. The molecule has 30 heteroatoms. The number of anilines is 3. The predicted octanol–water partition coefficient (Wildman–Crippen LogP) is 16.3. The zero-order valence-electron chi connectivity index (χ0n) is 69.4. The first-order valence-electron chi connectivity index (χ1n) is 41.6. The van der Waals surface area contributed by atoms with Crippen molar-refractivity contribution in [2.24, 2.45) is 0 Å². The average Bonchev–Trinajstić information content (AvgIpc) is 1.59. The van der Waals surface area contributed by atoms with Crippen molar-refractivity contribution in [3.8, 4) is 79.7 Å². The molecule has 1 N–H and O–H groups in total. The molecule has 642 valence electrons. The van der Waals surface area contributed by atoms with Crippen LogP contribution in [0.5, 0.6) is 11.5 Å². The Kier molecular flexibility index (Phi) is 25.0. The van der Waals surface area contributed by atoms with E-state index in [1.807, 2.05) is 148 Å². The standard InChI is InChI=1S/C39H39N5O6S.C34H31N5O4S.C23H20BrN3O3S/c1-39(2,3)50-38(45)43-18-16-31(26-43)49-36-14-11-28(23-29(36)25-40)33-15-17-41-37-34(33)24-35(44(37)51(46,47)32-7-5-4-6-8-32)27-9-12-30(13-10-27)42-19-21-48-22-20-42;35-22-26-20-25(8-11-33(26)43-28-12-14-36-23-28)30-13-15-37-34-31(30)21-32(39(34)44(40,41)29-4-2-1-3-5-29)24-6-9-27(10-7-24)38-16-18-42-19-17-38;24-21-10-11-25-23-20(21)16-22(27(23)31(28,29)19-4-2-1-3-5-19)17-6-8-18(9-7-17)26-12-14-30-15-13-26/h4-15,17,23-24,31H,16,18-22,26H2,1-3H3;1-11,13,15,20-21,28,36H,12,14,16-19,23H2;1-11,16H,12-15H2/t31-;28-;/m00./s1. The number of ether oxygens (including phenoxy) is 6. The summed E-state index contributed by atoms with van der Waals surface area (Å²) >= 11 is 3.54. The number of likely N-dealkylation sites (tertiary alicyclic amines) is 1. The van der Waals surface area contributed by atoms with Gasteiger partial charge < -0.3 is 53.3 Å². The fourth-order valence-electron chi connectivity index (χ4n) is 16.3. The second-order valence-corrected chi connectivity index (χ2v) is 38.0. The van der Waals surface area contributed by atoms with Crippen LogP contribution in [0.3, 0.4) is 0 Å². The molecule has 5 aliphatic rings. The minimum absolute atomic E-state index is 0.0231. The van der Waals surface area contributed by atoms with Crippen LogP contribution >= 0.6 is 15.9 Å². The van der Waals surface area contributed by atoms with Gasteiger partial charge >= 0.3 is 6.09 Å². The van der Waals surface area contributed by atoms with Crippen molar-refractivity contribution in [3.05, 3.63) is 271 Å². The van der Waals surface area contributed by atoms with Crippen LogP contribution in [0, 0.1) is 22.7 Å². The summed E-state index contributed by atoms with van der Waals surface area (Å²) in [6.07, 6.45) is 5.63. The van der Waals surface area contributed by atoms with Gasteiger partial charge in [-0.2, -0.15) is 10.5 Å². The number of nitriles is 2. The molecule has 0 spiro atoms. The number of carbonyl (C=O) groups excluding carboxylic acids is 1. The summed E-state index contributed by atoms with van der Waals surface area (Å²) in [4.78, 5) is 35.1. The number of morpholine rings is 3. The molecule has 8 aromatic carbocycles. The highest BCUT2D eigenvalue weighted by Gasteiger charge is 2.34. The number of carbonyl (C=O) groups is 1. The van der Waals surface area contributed by atoms with E-state index in [4.69, 9.17) is 28.4 Å². The van der Waals surface area contributed by atoms with Gasteiger partial charge in [0.25, 0.3) is 30.1 Å². The number of aromatic nitrogens is 6. The summed E-state index contributed by atoms with van der Waals surface area (Å²) in [6, 6.07) is 75.4. The molecular weight excluding hydrogens is 1720 g/mol. The van der Waals surface area contributed by atoms with Gasteiger partial charge in [0, 0.05) is 115 Å². The van der Waals surface area contributed by atoms with Crippen molar-refractivity contribution >= 4 is 102 Å². The summed E-state index contributed by atoms with van der Waals surface area (Å²) in [7, 11) is -11.9. The maximum atomic E-state index is 14.3. The van der Waals surface area contributed by atoms with E-state index in [1.165, 1.54) is 11.9 Å². The van der Waals surface area contributed by atoms with Crippen molar-refractivity contribution in [1.82, 2.24) is 37.1 Å². The molecule has 1 amide bonds. The van der Waals surface area contributed by atoms with Crippen LogP contribution in [-0.2, 0) is 49.0 Å². The third-order valence-electron chi connectivity index (χ3n) is 22.6. The zero-order chi connectivity index (χ0) is 87.3. The molecule has 0 saturated carbocycles. The van der Waals surface area contributed by atoms with Crippen LogP contribution in [0.1, 0.15) is 44.7 Å². The number of hydrogen-bond acceptors (Lipinski definition) is 22. The van der Waals surface area contributed by atoms with Crippen molar-refractivity contribution in [3.63, 3.8) is 0 Å². The van der Waals surface area contributed by atoms with Gasteiger partial charge in [-0.25, -0.2) is 56.9 Å². The largest absolute Gasteiger partial charge is 0.488 e. The molecule has 26 nitrogen and oxygen atoms in total. The Bertz CT molecular complexity index is 6780. The van der Waals surface area contributed by atoms with Gasteiger partial charge in [0.05, 0.1) is 89.1 Å². The first kappa shape index (κ1) is 85.4. The smallest absolute Gasteiger partial charge is 0.410 e. The van der Waals surface area contributed by atoms with E-state index in [-0.39, 0.29) is 38.6 Å². The highest BCUT2D eigenvalue weighted by molar-refractivity contribution is 9.10. The fraction of sp³-hybridized carbons (Fsp3) is 0.250. The van der Waals surface area contributed by atoms with Gasteiger partial charge in [-0.05, 0) is 222 Å². The summed E-state index contributed by atoms with van der Waals surface area (Å²) < 4.78 is 123. The number of pyridine rings is 3. The molecule has 0 unspecified atom stereocenters. The van der Waals surface area contributed by atoms with Gasteiger partial charge in [0.1, 0.15) is 41.4 Å². The molecular formula is C96H90BrN13O13S3. The van der Waals surface area contributed by atoms with Gasteiger partial charge in [-0.15, -0.1) is 0 Å². The summed E-state index contributed by atoms with van der Waals surface area (Å²) in [5, 5.41) is 25.4. The average molecular weight is 1810 g/mol. The van der Waals surface area contributed by atoms with Crippen molar-refractivity contribution in [2.75, 3.05) is 120 Å². The molecule has 126 heavy (non-hydrogen) atoms. The van der Waals surface area contributed by atoms with Crippen molar-refractivity contribution in [2.45, 2.75) is 66.1 Å². The van der Waals surface area contributed by atoms with E-state index in [1.54, 1.807) is 133 Å². The molecule has 0 radical (unpaired) electrons. The van der Waals surface area contributed by atoms with E-state index in [9.17, 15) is 40.6 Å². The predicted molar refractivity (Wildman–Crippen MR) is 488 cm³/mol. The molecule has 2 atom stereocenters. The first-order chi connectivity index (χ1) is 61.1. The molecule has 19 rings (SSSR count). The monoisotopic (exact) mass is 1810 g/mol. The lowest BCUT2D eigenvalue weighted by Crippen LogP contribution is -2.36. The number of benzene rings is 8. The quantitative estimate of drug-likeness (QED) is 0.0834. The third-order valence-corrected chi connectivity index (χ3v) is 28.5. The maximum Gasteiger partial charge on any atom is 0.410 e. The van der Waals surface area contributed by atoms with Gasteiger partial charge in [-0.1, -0.05) is 103 Å². The molecule has 11 heterocycles. The Balaban J connectivity index is 0.000000137. The number of fused-ring (bicyclic) bond motifs is 3. The minimum atomic E-state index is -4.07. The SMILES string of the molecule is CC(C)(C)OC(=O)N1CC[C@H](Oc2ccc(-c3ccnc4c3cc(-c3ccc(N5CCOCC5)cc3)n4S(=O)(=O)c3ccccc3)cc2C#N)C1.N#Cc1cc(-c2ccnc3c2cc(-c2ccc(N4CCOCC4)cc2)n3S(=O)(=O)c2ccccc2)ccc1O[C@H]1CCNC1.O=S(=O)(c1ccccc1)n1c(-c2ccc(N3CCOCC3)cc2)cc2c(Br)ccnc21. The lowest BCUT2D eigenvalue weighted by Gasteiger charge is -2.28. The van der Waals surface area contributed by atoms with Gasteiger partial charge in [-0.3, -0.25) is 0 Å². The number of amides is 1.